The van der Waals surface area contributed by atoms with Gasteiger partial charge in [0.05, 0.1) is 26.9 Å². The van der Waals surface area contributed by atoms with E-state index < -0.39 is 0 Å². The van der Waals surface area contributed by atoms with Gasteiger partial charge in [-0.1, -0.05) is 0 Å². The number of benzene rings is 1. The molecule has 0 spiro atoms. The van der Waals surface area contributed by atoms with Crippen LogP contribution >= 0.6 is 12.4 Å². The molecule has 6 nitrogen and oxygen atoms in total. The number of nitrogens with two attached hydrogens (primary N) is 1. The van der Waals surface area contributed by atoms with Crippen molar-refractivity contribution in [3.05, 3.63) is 17.7 Å². The first kappa shape index (κ1) is 17.4. The Labute approximate surface area is 130 Å². The first-order chi connectivity index (χ1) is 9.62. The molecule has 2 rings (SSSR count). The van der Waals surface area contributed by atoms with Crippen LogP contribution in [0.3, 0.4) is 0 Å². The number of hydrogen-bond acceptors (Lipinski definition) is 5. The first-order valence-corrected chi connectivity index (χ1v) is 6.46. The summed E-state index contributed by atoms with van der Waals surface area (Å²) in [5, 5.41) is 0. The highest BCUT2D eigenvalue weighted by molar-refractivity contribution is 5.98. The predicted molar refractivity (Wildman–Crippen MR) is 81.8 cm³/mol. The van der Waals surface area contributed by atoms with E-state index in [1.54, 1.807) is 17.0 Å². The van der Waals surface area contributed by atoms with Crippen molar-refractivity contribution in [3.63, 3.8) is 0 Å². The van der Waals surface area contributed by atoms with Gasteiger partial charge in [0.2, 0.25) is 5.75 Å². The zero-order valence-electron chi connectivity index (χ0n) is 12.4. The molecule has 0 unspecified atom stereocenters. The number of carbonyl (C=O) groups excluding carboxylic acids is 1. The second-order valence-corrected chi connectivity index (χ2v) is 4.68. The average molecular weight is 317 g/mol. The zero-order valence-corrected chi connectivity index (χ0v) is 13.2. The largest absolute Gasteiger partial charge is 0.493 e. The lowest BCUT2D eigenvalue weighted by molar-refractivity contribution is 0.0786. The van der Waals surface area contributed by atoms with E-state index in [1.807, 2.05) is 0 Å². The molecule has 1 amide bonds. The van der Waals surface area contributed by atoms with E-state index >= 15 is 0 Å². The summed E-state index contributed by atoms with van der Waals surface area (Å²) in [5.41, 5.74) is 6.30. The van der Waals surface area contributed by atoms with Gasteiger partial charge >= 0.3 is 0 Å². The highest BCUT2D eigenvalue weighted by Gasteiger charge is 2.28. The van der Waals surface area contributed by atoms with Gasteiger partial charge in [0.1, 0.15) is 0 Å². The SMILES string of the molecule is COc1ccc(C(=O)N2CC[C@H](N)C2)c(OC)c1OC.Cl. The van der Waals surface area contributed by atoms with E-state index in [0.717, 1.165) is 6.42 Å². The van der Waals surface area contributed by atoms with Gasteiger partial charge in [-0.2, -0.15) is 0 Å². The third-order valence-electron chi connectivity index (χ3n) is 3.45. The Morgan fingerprint density at radius 1 is 1.19 bits per heavy atom. The van der Waals surface area contributed by atoms with Gasteiger partial charge in [-0.05, 0) is 18.6 Å². The molecule has 0 saturated carbocycles. The zero-order chi connectivity index (χ0) is 14.7. The molecule has 1 aliphatic rings. The minimum atomic E-state index is -0.101. The van der Waals surface area contributed by atoms with Gasteiger partial charge in [-0.15, -0.1) is 12.4 Å². The maximum Gasteiger partial charge on any atom is 0.257 e. The van der Waals surface area contributed by atoms with Gasteiger partial charge in [-0.3, -0.25) is 4.79 Å². The van der Waals surface area contributed by atoms with Crippen LogP contribution in [-0.2, 0) is 0 Å². The number of nitrogens with zero attached hydrogens (tertiary/aromatic N) is 1. The minimum absolute atomic E-state index is 0. The molecule has 1 aromatic rings. The lowest BCUT2D eigenvalue weighted by Gasteiger charge is -2.20. The summed E-state index contributed by atoms with van der Waals surface area (Å²) in [6.07, 6.45) is 0.821. The molecule has 1 aromatic carbocycles. The van der Waals surface area contributed by atoms with Crippen molar-refractivity contribution in [2.24, 2.45) is 5.73 Å². The molecule has 0 aliphatic carbocycles. The lowest BCUT2D eigenvalue weighted by atomic mass is 10.1. The van der Waals surface area contributed by atoms with Crippen LogP contribution < -0.4 is 19.9 Å². The summed E-state index contributed by atoms with van der Waals surface area (Å²) in [4.78, 5) is 14.3. The van der Waals surface area contributed by atoms with Crippen LogP contribution in [0.5, 0.6) is 17.2 Å². The van der Waals surface area contributed by atoms with Crippen molar-refractivity contribution in [1.82, 2.24) is 4.90 Å². The first-order valence-electron chi connectivity index (χ1n) is 6.46. The van der Waals surface area contributed by atoms with Gasteiger partial charge in [-0.25, -0.2) is 0 Å². The molecular formula is C14H21ClN2O4. The van der Waals surface area contributed by atoms with E-state index in [4.69, 9.17) is 19.9 Å². The molecule has 118 valence electrons. The summed E-state index contributed by atoms with van der Waals surface area (Å²) in [6, 6.07) is 3.43. The number of hydrogen-bond donors (Lipinski definition) is 1. The number of amides is 1. The smallest absolute Gasteiger partial charge is 0.257 e. The summed E-state index contributed by atoms with van der Waals surface area (Å²) >= 11 is 0. The molecule has 1 heterocycles. The fraction of sp³-hybridized carbons (Fsp3) is 0.500. The van der Waals surface area contributed by atoms with Gasteiger partial charge in [0, 0.05) is 19.1 Å². The monoisotopic (exact) mass is 316 g/mol. The molecule has 1 aliphatic heterocycles. The van der Waals surface area contributed by atoms with Crippen molar-refractivity contribution in [3.8, 4) is 17.2 Å². The highest BCUT2D eigenvalue weighted by Crippen LogP contribution is 2.40. The van der Waals surface area contributed by atoms with Crippen molar-refractivity contribution in [2.45, 2.75) is 12.5 Å². The predicted octanol–water partition coefficient (Wildman–Crippen LogP) is 1.31. The van der Waals surface area contributed by atoms with E-state index in [-0.39, 0.29) is 24.4 Å². The quantitative estimate of drug-likeness (QED) is 0.906. The Kier molecular flexibility index (Phi) is 6.11. The maximum atomic E-state index is 12.5. The van der Waals surface area contributed by atoms with Crippen LogP contribution in [0.2, 0.25) is 0 Å². The van der Waals surface area contributed by atoms with Gasteiger partial charge in [0.15, 0.2) is 11.5 Å². The van der Waals surface area contributed by atoms with Crippen LogP contribution in [0, 0.1) is 0 Å². The fourth-order valence-electron chi connectivity index (χ4n) is 2.41. The molecule has 1 atom stereocenters. The Bertz CT molecular complexity index is 510. The average Bonchev–Trinajstić information content (AvgIpc) is 2.91. The van der Waals surface area contributed by atoms with Crippen molar-refractivity contribution in [2.75, 3.05) is 34.4 Å². The summed E-state index contributed by atoms with van der Waals surface area (Å²) < 4.78 is 15.8. The lowest BCUT2D eigenvalue weighted by Crippen LogP contribution is -2.32. The number of halogens is 1. The summed E-state index contributed by atoms with van der Waals surface area (Å²) in [6.45, 7) is 1.23. The molecule has 21 heavy (non-hydrogen) atoms. The number of rotatable bonds is 4. The Morgan fingerprint density at radius 3 is 2.33 bits per heavy atom. The highest BCUT2D eigenvalue weighted by atomic mass is 35.5. The number of carbonyl (C=O) groups is 1. The fourth-order valence-corrected chi connectivity index (χ4v) is 2.41. The normalized spacial score (nSPS) is 17.1. The standard InChI is InChI=1S/C14H20N2O4.ClH/c1-18-11-5-4-10(12(19-2)13(11)20-3)14(17)16-7-6-9(15)8-16;/h4-5,9H,6-8,15H2,1-3H3;1H/t9-;/m0./s1. The van der Waals surface area contributed by atoms with Crippen LogP contribution in [0.1, 0.15) is 16.8 Å². The number of methoxy groups -OCH3 is 3. The van der Waals surface area contributed by atoms with E-state index in [1.165, 1.54) is 21.3 Å². The molecule has 0 aromatic heterocycles. The number of ether oxygens (including phenoxy) is 3. The Morgan fingerprint density at radius 2 is 1.86 bits per heavy atom. The summed E-state index contributed by atoms with van der Waals surface area (Å²) in [7, 11) is 4.56. The van der Waals surface area contributed by atoms with E-state index in [2.05, 4.69) is 0 Å². The van der Waals surface area contributed by atoms with Crippen molar-refractivity contribution < 1.29 is 19.0 Å². The molecule has 1 fully saturated rings. The second-order valence-electron chi connectivity index (χ2n) is 4.68. The van der Waals surface area contributed by atoms with Crippen LogP contribution in [0.15, 0.2) is 12.1 Å². The van der Waals surface area contributed by atoms with Crippen LogP contribution in [0.4, 0.5) is 0 Å². The van der Waals surface area contributed by atoms with Gasteiger partial charge < -0.3 is 24.8 Å². The molecule has 0 bridgehead atoms. The molecule has 0 radical (unpaired) electrons. The van der Waals surface area contributed by atoms with E-state index in [0.29, 0.717) is 35.9 Å². The van der Waals surface area contributed by atoms with Crippen LogP contribution in [-0.4, -0.2) is 51.3 Å². The van der Waals surface area contributed by atoms with Crippen molar-refractivity contribution in [1.29, 1.82) is 0 Å². The Hall–Kier alpha value is -1.66. The number of likely N-dealkylation sites (tertiary alicyclic amines) is 1. The van der Waals surface area contributed by atoms with E-state index in [9.17, 15) is 4.79 Å². The maximum absolute atomic E-state index is 12.5. The molecular weight excluding hydrogens is 296 g/mol. The minimum Gasteiger partial charge on any atom is -0.493 e. The molecule has 7 heteroatoms. The Balaban J connectivity index is 0.00000220. The molecule has 2 N–H and O–H groups in total. The van der Waals surface area contributed by atoms with Crippen molar-refractivity contribution >= 4 is 18.3 Å². The van der Waals surface area contributed by atoms with Gasteiger partial charge in [0.25, 0.3) is 5.91 Å². The molecule has 1 saturated heterocycles. The third-order valence-corrected chi connectivity index (χ3v) is 3.45. The second kappa shape index (κ2) is 7.38. The summed E-state index contributed by atoms with van der Waals surface area (Å²) in [5.74, 6) is 1.23. The third kappa shape index (κ3) is 3.33. The van der Waals surface area contributed by atoms with Crippen LogP contribution in [0.25, 0.3) is 0 Å². The topological polar surface area (TPSA) is 74.0 Å².